The number of nitrogens with zero attached hydrogens (tertiary/aromatic N) is 2. The molecule has 0 saturated carbocycles. The summed E-state index contributed by atoms with van der Waals surface area (Å²) in [5.74, 6) is 3.12. The number of hydrogen-bond acceptors (Lipinski definition) is 4. The average molecular weight is 249 g/mol. The number of thioether (sulfide) groups is 1. The normalized spacial score (nSPS) is 11.9. The first-order chi connectivity index (χ1) is 8.15. The van der Waals surface area contributed by atoms with Crippen LogP contribution in [0.3, 0.4) is 0 Å². The second-order valence-corrected chi connectivity index (χ2v) is 5.42. The number of hydrogen-bond donors (Lipinski definition) is 1. The number of rotatable bonds is 6. The van der Waals surface area contributed by atoms with Gasteiger partial charge in [0.1, 0.15) is 5.82 Å². The number of nitriles is 1. The van der Waals surface area contributed by atoms with E-state index in [1.165, 1.54) is 0 Å². The molecule has 1 unspecified atom stereocenters. The minimum atomic E-state index is 0.384. The molecule has 0 fully saturated rings. The molecule has 0 bridgehead atoms. The fourth-order valence-electron chi connectivity index (χ4n) is 1.54. The van der Waals surface area contributed by atoms with Gasteiger partial charge in [0, 0.05) is 11.7 Å². The molecule has 4 heteroatoms. The maximum absolute atomic E-state index is 8.89. The zero-order valence-corrected chi connectivity index (χ0v) is 11.5. The van der Waals surface area contributed by atoms with Crippen molar-refractivity contribution in [3.63, 3.8) is 0 Å². The fraction of sp³-hybridized carbons (Fsp3) is 0.538. The first kappa shape index (κ1) is 13.9. The van der Waals surface area contributed by atoms with E-state index in [1.807, 2.05) is 18.7 Å². The van der Waals surface area contributed by atoms with Gasteiger partial charge in [-0.1, -0.05) is 6.92 Å². The third-order valence-corrected chi connectivity index (χ3v) is 3.31. The van der Waals surface area contributed by atoms with Crippen LogP contribution < -0.4 is 5.32 Å². The molecule has 1 N–H and O–H groups in total. The summed E-state index contributed by atoms with van der Waals surface area (Å²) in [5, 5.41) is 12.2. The topological polar surface area (TPSA) is 48.7 Å². The molecule has 0 aliphatic carbocycles. The first-order valence-electron chi connectivity index (χ1n) is 5.88. The Balaban J connectivity index is 2.56. The van der Waals surface area contributed by atoms with Crippen molar-refractivity contribution in [3.05, 3.63) is 23.4 Å². The van der Waals surface area contributed by atoms with E-state index in [2.05, 4.69) is 30.2 Å². The Labute approximate surface area is 108 Å². The van der Waals surface area contributed by atoms with Gasteiger partial charge >= 0.3 is 0 Å². The second kappa shape index (κ2) is 7.18. The molecule has 0 amide bonds. The van der Waals surface area contributed by atoms with Crippen molar-refractivity contribution in [1.29, 1.82) is 5.26 Å². The van der Waals surface area contributed by atoms with Crippen LogP contribution in [0.15, 0.2) is 12.1 Å². The molecule has 1 aromatic heterocycles. The second-order valence-electron chi connectivity index (χ2n) is 4.03. The zero-order valence-electron chi connectivity index (χ0n) is 10.7. The van der Waals surface area contributed by atoms with Gasteiger partial charge in [-0.15, -0.1) is 0 Å². The molecular weight excluding hydrogens is 230 g/mol. The van der Waals surface area contributed by atoms with Crippen LogP contribution in [0, 0.1) is 18.3 Å². The molecule has 0 aliphatic heterocycles. The Bertz CT molecular complexity index is 398. The Morgan fingerprint density at radius 2 is 2.29 bits per heavy atom. The molecule has 92 valence electrons. The lowest BCUT2D eigenvalue weighted by atomic mass is 10.2. The van der Waals surface area contributed by atoms with Gasteiger partial charge in [-0.25, -0.2) is 4.98 Å². The molecule has 0 aromatic carbocycles. The van der Waals surface area contributed by atoms with Crippen molar-refractivity contribution in [1.82, 2.24) is 4.98 Å². The summed E-state index contributed by atoms with van der Waals surface area (Å²) in [6.07, 6.45) is 1.11. The molecule has 0 aliphatic rings. The maximum atomic E-state index is 8.89. The van der Waals surface area contributed by atoms with Crippen LogP contribution in [0.2, 0.25) is 0 Å². The molecule has 1 aromatic rings. The molecule has 0 radical (unpaired) electrons. The van der Waals surface area contributed by atoms with Crippen LogP contribution in [0.1, 0.15) is 31.5 Å². The van der Waals surface area contributed by atoms with Crippen molar-refractivity contribution in [2.45, 2.75) is 33.2 Å². The quantitative estimate of drug-likeness (QED) is 0.786. The summed E-state index contributed by atoms with van der Waals surface area (Å²) in [6.45, 7) is 6.22. The van der Waals surface area contributed by atoms with Gasteiger partial charge in [-0.05, 0) is 43.9 Å². The van der Waals surface area contributed by atoms with Crippen molar-refractivity contribution >= 4 is 17.6 Å². The number of pyridine rings is 1. The minimum absolute atomic E-state index is 0.384. The van der Waals surface area contributed by atoms with Gasteiger partial charge in [0.2, 0.25) is 0 Å². The molecule has 1 atom stereocenters. The first-order valence-corrected chi connectivity index (χ1v) is 7.04. The van der Waals surface area contributed by atoms with E-state index in [0.717, 1.165) is 29.4 Å². The van der Waals surface area contributed by atoms with Crippen LogP contribution in [-0.2, 0) is 0 Å². The summed E-state index contributed by atoms with van der Waals surface area (Å²) in [6, 6.07) is 6.13. The summed E-state index contributed by atoms with van der Waals surface area (Å²) in [7, 11) is 0. The molecule has 1 rings (SSSR count). The van der Waals surface area contributed by atoms with Gasteiger partial charge < -0.3 is 5.32 Å². The van der Waals surface area contributed by atoms with Crippen LogP contribution in [0.25, 0.3) is 0 Å². The lowest BCUT2D eigenvalue weighted by Gasteiger charge is -2.14. The summed E-state index contributed by atoms with van der Waals surface area (Å²) >= 11 is 1.95. The van der Waals surface area contributed by atoms with E-state index < -0.39 is 0 Å². The standard InChI is InChI=1S/C13H19N3S/c1-4-17-6-5-10(2)15-13-8-12(9-14)7-11(3)16-13/h7-8,10H,4-6H2,1-3H3,(H,15,16). The van der Waals surface area contributed by atoms with E-state index in [9.17, 15) is 0 Å². The highest BCUT2D eigenvalue weighted by molar-refractivity contribution is 7.99. The summed E-state index contributed by atoms with van der Waals surface area (Å²) in [4.78, 5) is 4.38. The molecular formula is C13H19N3S. The van der Waals surface area contributed by atoms with E-state index >= 15 is 0 Å². The van der Waals surface area contributed by atoms with Crippen molar-refractivity contribution in [3.8, 4) is 6.07 Å². The van der Waals surface area contributed by atoms with Crippen LogP contribution in [-0.4, -0.2) is 22.5 Å². The SMILES string of the molecule is CCSCCC(C)Nc1cc(C#N)cc(C)n1. The van der Waals surface area contributed by atoms with E-state index in [-0.39, 0.29) is 0 Å². The molecule has 0 saturated heterocycles. The minimum Gasteiger partial charge on any atom is -0.368 e. The smallest absolute Gasteiger partial charge is 0.127 e. The van der Waals surface area contributed by atoms with Gasteiger partial charge in [-0.3, -0.25) is 0 Å². The average Bonchev–Trinajstić information content (AvgIpc) is 2.28. The van der Waals surface area contributed by atoms with Crippen molar-refractivity contribution in [2.75, 3.05) is 16.8 Å². The van der Waals surface area contributed by atoms with Crippen LogP contribution >= 0.6 is 11.8 Å². The third kappa shape index (κ3) is 5.10. The summed E-state index contributed by atoms with van der Waals surface area (Å²) < 4.78 is 0. The van der Waals surface area contributed by atoms with Crippen LogP contribution in [0.5, 0.6) is 0 Å². The highest BCUT2D eigenvalue weighted by Gasteiger charge is 2.04. The predicted octanol–water partition coefficient (Wildman–Crippen LogP) is 3.21. The number of aromatic nitrogens is 1. The van der Waals surface area contributed by atoms with E-state index in [0.29, 0.717) is 11.6 Å². The van der Waals surface area contributed by atoms with Crippen molar-refractivity contribution in [2.24, 2.45) is 0 Å². The van der Waals surface area contributed by atoms with Gasteiger partial charge in [0.05, 0.1) is 11.6 Å². The molecule has 3 nitrogen and oxygen atoms in total. The Morgan fingerprint density at radius 1 is 1.53 bits per heavy atom. The largest absolute Gasteiger partial charge is 0.368 e. The highest BCUT2D eigenvalue weighted by atomic mass is 32.2. The molecule has 1 heterocycles. The van der Waals surface area contributed by atoms with Crippen LogP contribution in [0.4, 0.5) is 5.82 Å². The van der Waals surface area contributed by atoms with Gasteiger partial charge in [0.15, 0.2) is 0 Å². The number of aryl methyl sites for hydroxylation is 1. The Kier molecular flexibility index (Phi) is 5.85. The predicted molar refractivity (Wildman–Crippen MR) is 74.4 cm³/mol. The summed E-state index contributed by atoms with van der Waals surface area (Å²) in [5.41, 5.74) is 1.54. The number of anilines is 1. The lowest BCUT2D eigenvalue weighted by Crippen LogP contribution is -2.17. The van der Waals surface area contributed by atoms with Crippen molar-refractivity contribution < 1.29 is 0 Å². The number of nitrogens with one attached hydrogen (secondary N) is 1. The monoisotopic (exact) mass is 249 g/mol. The highest BCUT2D eigenvalue weighted by Crippen LogP contribution is 2.12. The van der Waals surface area contributed by atoms with E-state index in [4.69, 9.17) is 5.26 Å². The Morgan fingerprint density at radius 3 is 2.94 bits per heavy atom. The van der Waals surface area contributed by atoms with Gasteiger partial charge in [-0.2, -0.15) is 17.0 Å². The van der Waals surface area contributed by atoms with Gasteiger partial charge in [0.25, 0.3) is 0 Å². The lowest BCUT2D eigenvalue weighted by molar-refractivity contribution is 0.766. The fourth-order valence-corrected chi connectivity index (χ4v) is 2.35. The molecule has 0 spiro atoms. The van der Waals surface area contributed by atoms with E-state index in [1.54, 1.807) is 12.1 Å². The zero-order chi connectivity index (χ0) is 12.7. The maximum Gasteiger partial charge on any atom is 0.127 e. The Hall–Kier alpha value is -1.21. The third-order valence-electron chi connectivity index (χ3n) is 2.38. The molecule has 17 heavy (non-hydrogen) atoms.